The zero-order valence-electron chi connectivity index (χ0n) is 19.9. The van der Waals surface area contributed by atoms with E-state index in [9.17, 15) is 0 Å². The number of hydrogen-bond acceptors (Lipinski definition) is 5. The maximum Gasteiger partial charge on any atom is 0.219 e. The summed E-state index contributed by atoms with van der Waals surface area (Å²) in [6.07, 6.45) is 0.799. The van der Waals surface area contributed by atoms with Crippen LogP contribution in [0.15, 0.2) is 120 Å². The van der Waals surface area contributed by atoms with Gasteiger partial charge >= 0.3 is 0 Å². The summed E-state index contributed by atoms with van der Waals surface area (Å²) in [7, 11) is 1.69. The Labute approximate surface area is 210 Å². The number of hydrazone groups is 1. The quantitative estimate of drug-likeness (QED) is 0.259. The van der Waals surface area contributed by atoms with E-state index in [1.165, 1.54) is 5.56 Å². The van der Waals surface area contributed by atoms with Crippen molar-refractivity contribution in [3.63, 3.8) is 0 Å². The highest BCUT2D eigenvalue weighted by atomic mass is 16.5. The number of anilines is 1. The van der Waals surface area contributed by atoms with Crippen molar-refractivity contribution in [3.05, 3.63) is 126 Å². The molecular formula is C31H25N3O2. The molecule has 1 aliphatic rings. The lowest BCUT2D eigenvalue weighted by Gasteiger charge is -2.24. The largest absolute Gasteiger partial charge is 0.497 e. The highest BCUT2D eigenvalue weighted by molar-refractivity contribution is 6.03. The Bertz CT molecular complexity index is 1510. The fourth-order valence-corrected chi connectivity index (χ4v) is 4.53. The van der Waals surface area contributed by atoms with E-state index in [-0.39, 0.29) is 6.04 Å². The first-order chi connectivity index (χ1) is 17.8. The average molecular weight is 472 g/mol. The molecule has 0 radical (unpaired) electrons. The molecule has 0 aliphatic carbocycles. The summed E-state index contributed by atoms with van der Waals surface area (Å²) in [5, 5.41) is 8.25. The van der Waals surface area contributed by atoms with Gasteiger partial charge in [0.05, 0.1) is 30.1 Å². The molecule has 1 aromatic heterocycles. The Kier molecular flexibility index (Phi) is 5.80. The summed E-state index contributed by atoms with van der Waals surface area (Å²) < 4.78 is 11.4. The smallest absolute Gasteiger partial charge is 0.219 e. The molecule has 1 aliphatic heterocycles. The minimum atomic E-state index is 0.103. The lowest BCUT2D eigenvalue weighted by atomic mass is 9.98. The monoisotopic (exact) mass is 471 g/mol. The molecule has 5 nitrogen and oxygen atoms in total. The molecule has 1 atom stereocenters. The summed E-state index contributed by atoms with van der Waals surface area (Å²) in [6, 6.07) is 38.7. The molecule has 36 heavy (non-hydrogen) atoms. The molecule has 0 saturated carbocycles. The van der Waals surface area contributed by atoms with Gasteiger partial charge in [0.15, 0.2) is 0 Å². The first kappa shape index (κ1) is 21.9. The van der Waals surface area contributed by atoms with Crippen LogP contribution in [0.3, 0.4) is 0 Å². The van der Waals surface area contributed by atoms with Crippen LogP contribution in [0.25, 0.3) is 10.9 Å². The van der Waals surface area contributed by atoms with Gasteiger partial charge in [-0.2, -0.15) is 5.10 Å². The molecular weight excluding hydrogens is 446 g/mol. The zero-order valence-corrected chi connectivity index (χ0v) is 19.9. The van der Waals surface area contributed by atoms with Crippen molar-refractivity contribution in [3.8, 4) is 17.4 Å². The van der Waals surface area contributed by atoms with Crippen molar-refractivity contribution >= 4 is 22.3 Å². The fourth-order valence-electron chi connectivity index (χ4n) is 4.53. The van der Waals surface area contributed by atoms with Crippen LogP contribution >= 0.6 is 0 Å². The standard InChI is InChI=1S/C31H25N3O2/c1-35-26-16-13-24(14-17-26)30-21-29(33-34(30)25-8-3-2-4-9-25)23-11-18-27(19-12-23)36-31-20-15-22-7-5-6-10-28(22)32-31/h2-20,30H,21H2,1H3. The predicted molar refractivity (Wildman–Crippen MR) is 144 cm³/mol. The van der Waals surface area contributed by atoms with Gasteiger partial charge in [0.2, 0.25) is 5.88 Å². The molecule has 176 valence electrons. The molecule has 6 rings (SSSR count). The van der Waals surface area contributed by atoms with Gasteiger partial charge in [0.25, 0.3) is 0 Å². The Morgan fingerprint density at radius 1 is 0.722 bits per heavy atom. The molecule has 0 bridgehead atoms. The Morgan fingerprint density at radius 2 is 1.44 bits per heavy atom. The first-order valence-corrected chi connectivity index (χ1v) is 12.0. The van der Waals surface area contributed by atoms with Crippen LogP contribution in [0.5, 0.6) is 17.4 Å². The number of benzene rings is 4. The second-order valence-electron chi connectivity index (χ2n) is 8.69. The second kappa shape index (κ2) is 9.55. The maximum atomic E-state index is 6.03. The third-order valence-corrected chi connectivity index (χ3v) is 6.41. The van der Waals surface area contributed by atoms with Gasteiger partial charge in [-0.1, -0.05) is 48.5 Å². The van der Waals surface area contributed by atoms with Crippen molar-refractivity contribution in [1.82, 2.24) is 4.98 Å². The van der Waals surface area contributed by atoms with E-state index in [0.717, 1.165) is 45.8 Å². The summed E-state index contributed by atoms with van der Waals surface area (Å²) in [4.78, 5) is 4.61. The van der Waals surface area contributed by atoms with Crippen LogP contribution in [0.2, 0.25) is 0 Å². The third-order valence-electron chi connectivity index (χ3n) is 6.41. The third kappa shape index (κ3) is 4.39. The van der Waals surface area contributed by atoms with E-state index in [1.54, 1.807) is 7.11 Å². The van der Waals surface area contributed by atoms with E-state index < -0.39 is 0 Å². The van der Waals surface area contributed by atoms with Crippen molar-refractivity contribution < 1.29 is 9.47 Å². The van der Waals surface area contributed by atoms with Crippen molar-refractivity contribution in [1.29, 1.82) is 0 Å². The van der Waals surface area contributed by atoms with Crippen molar-refractivity contribution in [2.24, 2.45) is 5.10 Å². The number of methoxy groups -OCH3 is 1. The summed E-state index contributed by atoms with van der Waals surface area (Å²) in [5.41, 5.74) is 5.29. The minimum absolute atomic E-state index is 0.103. The number of fused-ring (bicyclic) bond motifs is 1. The predicted octanol–water partition coefficient (Wildman–Crippen LogP) is 7.39. The van der Waals surface area contributed by atoms with Crippen LogP contribution in [0.4, 0.5) is 5.69 Å². The van der Waals surface area contributed by atoms with E-state index in [1.807, 2.05) is 78.9 Å². The van der Waals surface area contributed by atoms with Crippen LogP contribution in [0.1, 0.15) is 23.6 Å². The number of rotatable bonds is 6. The van der Waals surface area contributed by atoms with Gasteiger partial charge in [0, 0.05) is 17.9 Å². The maximum absolute atomic E-state index is 6.03. The van der Waals surface area contributed by atoms with Crippen LogP contribution < -0.4 is 14.5 Å². The van der Waals surface area contributed by atoms with Gasteiger partial charge in [0.1, 0.15) is 11.5 Å². The molecule has 2 heterocycles. The van der Waals surface area contributed by atoms with Gasteiger partial charge < -0.3 is 9.47 Å². The molecule has 0 N–H and O–H groups in total. The highest BCUT2D eigenvalue weighted by Gasteiger charge is 2.30. The molecule has 0 amide bonds. The number of pyridine rings is 1. The molecule has 5 heteroatoms. The highest BCUT2D eigenvalue weighted by Crippen LogP contribution is 2.37. The van der Waals surface area contributed by atoms with Gasteiger partial charge in [-0.05, 0) is 71.8 Å². The van der Waals surface area contributed by atoms with Crippen LogP contribution in [-0.2, 0) is 0 Å². The molecule has 0 fully saturated rings. The summed E-state index contributed by atoms with van der Waals surface area (Å²) in [6.45, 7) is 0. The van der Waals surface area contributed by atoms with Crippen LogP contribution in [0, 0.1) is 0 Å². The van der Waals surface area contributed by atoms with E-state index in [0.29, 0.717) is 5.88 Å². The Balaban J connectivity index is 1.25. The Hall–Kier alpha value is -4.64. The molecule has 0 saturated heterocycles. The minimum Gasteiger partial charge on any atom is -0.497 e. The second-order valence-corrected chi connectivity index (χ2v) is 8.69. The molecule has 5 aromatic rings. The number of aromatic nitrogens is 1. The van der Waals surface area contributed by atoms with E-state index in [2.05, 4.69) is 46.4 Å². The number of para-hydroxylation sites is 2. The van der Waals surface area contributed by atoms with Crippen molar-refractivity contribution in [2.75, 3.05) is 12.1 Å². The normalized spacial score (nSPS) is 15.1. The topological polar surface area (TPSA) is 47.0 Å². The SMILES string of the molecule is COc1ccc(C2CC(c3ccc(Oc4ccc5ccccc5n4)cc3)=NN2c2ccccc2)cc1. The number of nitrogens with zero attached hydrogens (tertiary/aromatic N) is 3. The van der Waals surface area contributed by atoms with Crippen molar-refractivity contribution in [2.45, 2.75) is 12.5 Å². The molecule has 4 aromatic carbocycles. The lowest BCUT2D eigenvalue weighted by Crippen LogP contribution is -2.18. The summed E-state index contributed by atoms with van der Waals surface area (Å²) in [5.74, 6) is 2.17. The summed E-state index contributed by atoms with van der Waals surface area (Å²) >= 11 is 0. The number of hydrogen-bond donors (Lipinski definition) is 0. The first-order valence-electron chi connectivity index (χ1n) is 12.0. The zero-order chi connectivity index (χ0) is 24.3. The van der Waals surface area contributed by atoms with Gasteiger partial charge in [-0.3, -0.25) is 5.01 Å². The lowest BCUT2D eigenvalue weighted by molar-refractivity contribution is 0.414. The number of ether oxygens (including phenoxy) is 2. The fraction of sp³-hybridized carbons (Fsp3) is 0.0968. The van der Waals surface area contributed by atoms with Crippen LogP contribution in [-0.4, -0.2) is 17.8 Å². The average Bonchev–Trinajstić information content (AvgIpc) is 3.39. The Morgan fingerprint density at radius 3 is 2.22 bits per heavy atom. The molecule has 1 unspecified atom stereocenters. The van der Waals surface area contributed by atoms with E-state index >= 15 is 0 Å². The van der Waals surface area contributed by atoms with E-state index in [4.69, 9.17) is 14.6 Å². The van der Waals surface area contributed by atoms with Gasteiger partial charge in [-0.15, -0.1) is 0 Å². The van der Waals surface area contributed by atoms with Gasteiger partial charge in [-0.25, -0.2) is 4.98 Å². The molecule has 0 spiro atoms.